The van der Waals surface area contributed by atoms with Gasteiger partial charge in [0.15, 0.2) is 0 Å². The maximum absolute atomic E-state index is 10.7. The summed E-state index contributed by atoms with van der Waals surface area (Å²) in [6.45, 7) is 0. The second kappa shape index (κ2) is 5.43. The molecular formula is C10H6ClNaO2S. The summed E-state index contributed by atoms with van der Waals surface area (Å²) in [6, 6.07) is 10.3. The predicted octanol–water partition coefficient (Wildman–Crippen LogP) is -0.265. The summed E-state index contributed by atoms with van der Waals surface area (Å²) < 4.78 is 21.4. The van der Waals surface area contributed by atoms with E-state index >= 15 is 0 Å². The van der Waals surface area contributed by atoms with Crippen molar-refractivity contribution in [3.63, 3.8) is 0 Å². The molecule has 0 radical (unpaired) electrons. The molecule has 15 heavy (non-hydrogen) atoms. The van der Waals surface area contributed by atoms with E-state index in [2.05, 4.69) is 0 Å². The summed E-state index contributed by atoms with van der Waals surface area (Å²) in [7, 11) is 0. The minimum absolute atomic E-state index is 0. The van der Waals surface area contributed by atoms with Gasteiger partial charge in [0.05, 0.1) is 0 Å². The number of benzene rings is 2. The van der Waals surface area contributed by atoms with Crippen molar-refractivity contribution in [1.29, 1.82) is 0 Å². The van der Waals surface area contributed by atoms with Gasteiger partial charge in [-0.1, -0.05) is 23.7 Å². The average molecular weight is 249 g/mol. The van der Waals surface area contributed by atoms with E-state index in [0.29, 0.717) is 9.92 Å². The average Bonchev–Trinajstić information content (AvgIpc) is 2.16. The molecule has 0 saturated carbocycles. The first-order valence-electron chi connectivity index (χ1n) is 3.95. The van der Waals surface area contributed by atoms with Gasteiger partial charge >= 0.3 is 29.6 Å². The molecule has 0 aliphatic heterocycles. The number of fused-ring (bicyclic) bond motifs is 1. The Morgan fingerprint density at radius 2 is 1.67 bits per heavy atom. The topological polar surface area (TPSA) is 40.1 Å². The third kappa shape index (κ3) is 3.03. The molecule has 0 aliphatic carbocycles. The molecule has 2 aromatic rings. The van der Waals surface area contributed by atoms with Crippen molar-refractivity contribution in [1.82, 2.24) is 0 Å². The van der Waals surface area contributed by atoms with Gasteiger partial charge in [-0.15, -0.1) is 0 Å². The predicted molar refractivity (Wildman–Crippen MR) is 56.1 cm³/mol. The quantitative estimate of drug-likeness (QED) is 0.515. The number of hydrogen-bond donors (Lipinski definition) is 0. The first-order valence-corrected chi connectivity index (χ1v) is 5.41. The Labute approximate surface area is 117 Å². The zero-order chi connectivity index (χ0) is 10.1. The summed E-state index contributed by atoms with van der Waals surface area (Å²) in [4.78, 5) is 0.292. The number of hydrogen-bond acceptors (Lipinski definition) is 2. The number of halogens is 1. The molecule has 1 unspecified atom stereocenters. The third-order valence-corrected chi connectivity index (χ3v) is 2.84. The van der Waals surface area contributed by atoms with Gasteiger partial charge in [-0.3, -0.25) is 4.21 Å². The summed E-state index contributed by atoms with van der Waals surface area (Å²) in [5.41, 5.74) is 0. The van der Waals surface area contributed by atoms with Crippen molar-refractivity contribution in [3.8, 4) is 0 Å². The molecule has 72 valence electrons. The molecule has 0 amide bonds. The molecule has 1 atom stereocenters. The molecule has 0 N–H and O–H groups in total. The van der Waals surface area contributed by atoms with E-state index in [9.17, 15) is 8.76 Å². The van der Waals surface area contributed by atoms with Crippen LogP contribution in [0.1, 0.15) is 0 Å². The van der Waals surface area contributed by atoms with Crippen LogP contribution < -0.4 is 29.6 Å². The Morgan fingerprint density at radius 1 is 1.07 bits per heavy atom. The van der Waals surface area contributed by atoms with E-state index in [1.54, 1.807) is 36.4 Å². The fraction of sp³-hybridized carbons (Fsp3) is 0. The zero-order valence-corrected chi connectivity index (χ0v) is 11.6. The third-order valence-electron chi connectivity index (χ3n) is 1.97. The summed E-state index contributed by atoms with van der Waals surface area (Å²) in [5.74, 6) is 0. The van der Waals surface area contributed by atoms with Crippen LogP contribution in [-0.4, -0.2) is 8.76 Å². The summed E-state index contributed by atoms with van der Waals surface area (Å²) >= 11 is 3.63. The Hall–Kier alpha value is 0.100. The molecule has 0 aliphatic rings. The molecule has 2 nitrogen and oxygen atoms in total. The Kier molecular flexibility index (Phi) is 4.77. The van der Waals surface area contributed by atoms with E-state index in [0.717, 1.165) is 10.8 Å². The van der Waals surface area contributed by atoms with Crippen LogP contribution in [0.15, 0.2) is 41.3 Å². The van der Waals surface area contributed by atoms with Crippen molar-refractivity contribution in [3.05, 3.63) is 41.4 Å². The monoisotopic (exact) mass is 248 g/mol. The van der Waals surface area contributed by atoms with Crippen LogP contribution in [0.3, 0.4) is 0 Å². The minimum Gasteiger partial charge on any atom is -0.768 e. The van der Waals surface area contributed by atoms with E-state index in [-0.39, 0.29) is 29.6 Å². The van der Waals surface area contributed by atoms with Crippen LogP contribution in [0, 0.1) is 0 Å². The van der Waals surface area contributed by atoms with Crippen LogP contribution >= 0.6 is 11.6 Å². The van der Waals surface area contributed by atoms with Gasteiger partial charge in [-0.25, -0.2) is 0 Å². The van der Waals surface area contributed by atoms with Crippen molar-refractivity contribution < 1.29 is 38.3 Å². The van der Waals surface area contributed by atoms with Crippen LogP contribution in [0.4, 0.5) is 0 Å². The van der Waals surface area contributed by atoms with E-state index in [4.69, 9.17) is 11.6 Å². The first kappa shape index (κ1) is 13.2. The molecule has 0 saturated heterocycles. The zero-order valence-electron chi connectivity index (χ0n) is 8.07. The standard InChI is InChI=1S/C10H7ClO2S.Na/c11-9-3-1-8-6-10(14(12)13)4-2-7(8)5-9;/h1-6H,(H,12,13);/q;+1/p-1. The second-order valence-corrected chi connectivity index (χ2v) is 4.27. The van der Waals surface area contributed by atoms with Crippen LogP contribution in [0.2, 0.25) is 5.02 Å². The smallest absolute Gasteiger partial charge is 0.768 e. The van der Waals surface area contributed by atoms with E-state index < -0.39 is 11.1 Å². The molecule has 0 aromatic heterocycles. The number of rotatable bonds is 1. The molecule has 0 spiro atoms. The Bertz CT molecular complexity index is 516. The van der Waals surface area contributed by atoms with Crippen LogP contribution in [0.25, 0.3) is 10.8 Å². The van der Waals surface area contributed by atoms with Crippen molar-refractivity contribution in [2.75, 3.05) is 0 Å². The van der Waals surface area contributed by atoms with E-state index in [1.165, 1.54) is 0 Å². The van der Waals surface area contributed by atoms with Gasteiger partial charge in [0.1, 0.15) is 0 Å². The van der Waals surface area contributed by atoms with Gasteiger partial charge in [0, 0.05) is 9.92 Å². The normalized spacial score (nSPS) is 12.1. The van der Waals surface area contributed by atoms with Crippen molar-refractivity contribution in [2.24, 2.45) is 0 Å². The summed E-state index contributed by atoms with van der Waals surface area (Å²) in [6.07, 6.45) is 0. The minimum atomic E-state index is -2.17. The largest absolute Gasteiger partial charge is 1.00 e. The van der Waals surface area contributed by atoms with Crippen LogP contribution in [0.5, 0.6) is 0 Å². The molecule has 2 aromatic carbocycles. The second-order valence-electron chi connectivity index (χ2n) is 2.89. The fourth-order valence-corrected chi connectivity index (χ4v) is 1.88. The van der Waals surface area contributed by atoms with Crippen molar-refractivity contribution >= 4 is 33.5 Å². The maximum Gasteiger partial charge on any atom is 1.00 e. The molecule has 5 heteroatoms. The first-order chi connectivity index (χ1) is 6.66. The molecule has 2 rings (SSSR count). The molecular weight excluding hydrogens is 243 g/mol. The van der Waals surface area contributed by atoms with Gasteiger partial charge in [0.25, 0.3) is 0 Å². The Balaban J connectivity index is 0.00000112. The van der Waals surface area contributed by atoms with Gasteiger partial charge in [-0.2, -0.15) is 0 Å². The Morgan fingerprint density at radius 3 is 2.33 bits per heavy atom. The van der Waals surface area contributed by atoms with Gasteiger partial charge in [0.2, 0.25) is 0 Å². The molecule has 0 heterocycles. The molecule has 0 fully saturated rings. The molecule has 0 bridgehead atoms. The SMILES string of the molecule is O=S([O-])c1ccc2cc(Cl)ccc2c1.[Na+]. The fourth-order valence-electron chi connectivity index (χ4n) is 1.30. The maximum atomic E-state index is 10.7. The van der Waals surface area contributed by atoms with Crippen LogP contribution in [-0.2, 0) is 11.1 Å². The van der Waals surface area contributed by atoms with E-state index in [1.807, 2.05) is 0 Å². The van der Waals surface area contributed by atoms with Crippen molar-refractivity contribution in [2.45, 2.75) is 4.90 Å². The van der Waals surface area contributed by atoms with Gasteiger partial charge < -0.3 is 4.55 Å². The van der Waals surface area contributed by atoms with Gasteiger partial charge in [-0.05, 0) is 46.1 Å². The summed E-state index contributed by atoms with van der Waals surface area (Å²) in [5, 5.41) is 2.45.